The zero-order chi connectivity index (χ0) is 14.1. The summed E-state index contributed by atoms with van der Waals surface area (Å²) in [6.07, 6.45) is 5.43. The van der Waals surface area contributed by atoms with Crippen molar-refractivity contribution in [3.63, 3.8) is 0 Å². The number of carbonyl (C=O) groups excluding carboxylic acids is 1. The van der Waals surface area contributed by atoms with Gasteiger partial charge in [-0.2, -0.15) is 0 Å². The summed E-state index contributed by atoms with van der Waals surface area (Å²) in [5.74, 6) is 3.14. The van der Waals surface area contributed by atoms with E-state index in [1.807, 2.05) is 12.1 Å². The van der Waals surface area contributed by atoms with Crippen LogP contribution in [0.1, 0.15) is 36.0 Å². The lowest BCUT2D eigenvalue weighted by Gasteiger charge is -2.22. The summed E-state index contributed by atoms with van der Waals surface area (Å²) in [5, 5.41) is 3.09. The van der Waals surface area contributed by atoms with E-state index in [-0.39, 0.29) is 5.91 Å². The van der Waals surface area contributed by atoms with Gasteiger partial charge in [-0.1, -0.05) is 6.42 Å². The minimum atomic E-state index is -0.0152. The Morgan fingerprint density at radius 1 is 1.40 bits per heavy atom. The molecule has 1 N–H and O–H groups in total. The molecule has 1 aromatic carbocycles. The quantitative estimate of drug-likeness (QED) is 0.911. The van der Waals surface area contributed by atoms with E-state index >= 15 is 0 Å². The third-order valence-corrected chi connectivity index (χ3v) is 5.52. The molecule has 0 aliphatic heterocycles. The predicted octanol–water partition coefficient (Wildman–Crippen LogP) is 3.62. The topological polar surface area (TPSA) is 38.3 Å². The number of benzene rings is 1. The average Bonchev–Trinajstić information content (AvgIpc) is 3.07. The number of hydrogen-bond donors (Lipinski definition) is 1. The molecule has 3 rings (SSSR count). The van der Waals surface area contributed by atoms with Crippen LogP contribution in [-0.4, -0.2) is 19.6 Å². The molecule has 4 heteroatoms. The molecule has 0 saturated heterocycles. The van der Waals surface area contributed by atoms with Crippen LogP contribution >= 0.6 is 15.9 Å². The van der Waals surface area contributed by atoms with Crippen LogP contribution in [0.2, 0.25) is 0 Å². The van der Waals surface area contributed by atoms with Crippen LogP contribution in [0.4, 0.5) is 0 Å². The van der Waals surface area contributed by atoms with Gasteiger partial charge >= 0.3 is 0 Å². The highest BCUT2D eigenvalue weighted by Crippen LogP contribution is 2.47. The Kier molecular flexibility index (Phi) is 4.01. The van der Waals surface area contributed by atoms with Gasteiger partial charge in [-0.3, -0.25) is 4.79 Å². The molecule has 0 radical (unpaired) electrons. The lowest BCUT2D eigenvalue weighted by atomic mass is 9.89. The molecule has 1 amide bonds. The van der Waals surface area contributed by atoms with Crippen molar-refractivity contribution in [1.29, 1.82) is 0 Å². The van der Waals surface area contributed by atoms with E-state index in [2.05, 4.69) is 21.2 Å². The number of rotatable bonds is 4. The van der Waals surface area contributed by atoms with E-state index in [1.165, 1.54) is 25.7 Å². The highest BCUT2D eigenvalue weighted by molar-refractivity contribution is 9.10. The van der Waals surface area contributed by atoms with E-state index in [0.29, 0.717) is 17.2 Å². The van der Waals surface area contributed by atoms with Gasteiger partial charge in [-0.25, -0.2) is 0 Å². The highest BCUT2D eigenvalue weighted by atomic mass is 79.9. The summed E-state index contributed by atoms with van der Waals surface area (Å²) in [6, 6.07) is 5.47. The van der Waals surface area contributed by atoms with Crippen molar-refractivity contribution in [2.75, 3.05) is 13.7 Å². The Morgan fingerprint density at radius 3 is 2.90 bits per heavy atom. The van der Waals surface area contributed by atoms with Crippen LogP contribution in [0.15, 0.2) is 22.7 Å². The number of fused-ring (bicyclic) bond motifs is 2. The lowest BCUT2D eigenvalue weighted by molar-refractivity contribution is 0.0940. The van der Waals surface area contributed by atoms with Crippen molar-refractivity contribution >= 4 is 21.8 Å². The fourth-order valence-electron chi connectivity index (χ4n) is 3.75. The number of carbonyl (C=O) groups is 1. The molecule has 2 bridgehead atoms. The summed E-state index contributed by atoms with van der Waals surface area (Å²) in [7, 11) is 1.61. The molecule has 0 spiro atoms. The van der Waals surface area contributed by atoms with Crippen molar-refractivity contribution in [2.24, 2.45) is 17.8 Å². The standard InChI is InChI=1S/C16H20BrNO2/c1-20-13-4-5-15(17)14(8-13)16(19)18-9-12-7-10-2-3-11(12)6-10/h4-5,8,10-12H,2-3,6-7,9H2,1H3,(H,18,19). The average molecular weight is 338 g/mol. The third-order valence-electron chi connectivity index (χ3n) is 4.83. The minimum absolute atomic E-state index is 0.0152. The van der Waals surface area contributed by atoms with Gasteiger partial charge in [0.1, 0.15) is 5.75 Å². The molecular weight excluding hydrogens is 318 g/mol. The van der Waals surface area contributed by atoms with Crippen LogP contribution in [0.3, 0.4) is 0 Å². The van der Waals surface area contributed by atoms with Crippen LogP contribution in [0.5, 0.6) is 5.75 Å². The van der Waals surface area contributed by atoms with Gasteiger partial charge < -0.3 is 10.1 Å². The maximum absolute atomic E-state index is 12.3. The van der Waals surface area contributed by atoms with E-state index in [0.717, 1.165) is 22.9 Å². The number of ether oxygens (including phenoxy) is 1. The first-order chi connectivity index (χ1) is 9.67. The first-order valence-corrected chi connectivity index (χ1v) is 8.08. The second-order valence-electron chi connectivity index (χ2n) is 5.99. The Bertz CT molecular complexity index is 517. The molecule has 3 nitrogen and oxygen atoms in total. The molecular formula is C16H20BrNO2. The van der Waals surface area contributed by atoms with E-state index in [4.69, 9.17) is 4.74 Å². The molecule has 108 valence electrons. The van der Waals surface area contributed by atoms with Gasteiger partial charge in [0.15, 0.2) is 0 Å². The second-order valence-corrected chi connectivity index (χ2v) is 6.85. The number of nitrogens with one attached hydrogen (secondary N) is 1. The van der Waals surface area contributed by atoms with Crippen molar-refractivity contribution < 1.29 is 9.53 Å². The van der Waals surface area contributed by atoms with Crippen LogP contribution in [0.25, 0.3) is 0 Å². The summed E-state index contributed by atoms with van der Waals surface area (Å²) < 4.78 is 5.99. The number of halogens is 1. The molecule has 2 fully saturated rings. The minimum Gasteiger partial charge on any atom is -0.497 e. The first kappa shape index (κ1) is 13.9. The third kappa shape index (κ3) is 2.71. The fourth-order valence-corrected chi connectivity index (χ4v) is 4.18. The molecule has 20 heavy (non-hydrogen) atoms. The predicted molar refractivity (Wildman–Crippen MR) is 82.0 cm³/mol. The Morgan fingerprint density at radius 2 is 2.25 bits per heavy atom. The SMILES string of the molecule is COc1ccc(Br)c(C(=O)NCC2CC3CCC2C3)c1. The van der Waals surface area contributed by atoms with E-state index in [9.17, 15) is 4.79 Å². The normalized spacial score (nSPS) is 27.6. The number of methoxy groups -OCH3 is 1. The van der Waals surface area contributed by atoms with Gasteiger partial charge in [0.2, 0.25) is 0 Å². The summed E-state index contributed by atoms with van der Waals surface area (Å²) in [6.45, 7) is 0.809. The molecule has 2 aliphatic rings. The number of amides is 1. The Hall–Kier alpha value is -1.03. The van der Waals surface area contributed by atoms with Crippen molar-refractivity contribution in [2.45, 2.75) is 25.7 Å². The van der Waals surface area contributed by atoms with Crippen LogP contribution in [0, 0.1) is 17.8 Å². The largest absolute Gasteiger partial charge is 0.497 e. The fraction of sp³-hybridized carbons (Fsp3) is 0.562. The maximum atomic E-state index is 12.3. The maximum Gasteiger partial charge on any atom is 0.252 e. The van der Waals surface area contributed by atoms with Crippen molar-refractivity contribution in [3.05, 3.63) is 28.2 Å². The molecule has 3 atom stereocenters. The molecule has 3 unspecified atom stereocenters. The molecule has 2 aliphatic carbocycles. The smallest absolute Gasteiger partial charge is 0.252 e. The zero-order valence-corrected chi connectivity index (χ0v) is 13.3. The van der Waals surface area contributed by atoms with Gasteiger partial charge in [-0.15, -0.1) is 0 Å². The van der Waals surface area contributed by atoms with Crippen molar-refractivity contribution in [1.82, 2.24) is 5.32 Å². The monoisotopic (exact) mass is 337 g/mol. The molecule has 0 heterocycles. The molecule has 1 aromatic rings. The van der Waals surface area contributed by atoms with Gasteiger partial charge in [0.05, 0.1) is 12.7 Å². The summed E-state index contributed by atoms with van der Waals surface area (Å²) in [4.78, 5) is 12.3. The highest BCUT2D eigenvalue weighted by Gasteiger charge is 2.39. The lowest BCUT2D eigenvalue weighted by Crippen LogP contribution is -2.31. The van der Waals surface area contributed by atoms with E-state index in [1.54, 1.807) is 13.2 Å². The van der Waals surface area contributed by atoms with Gasteiger partial charge in [0.25, 0.3) is 5.91 Å². The molecule has 2 saturated carbocycles. The summed E-state index contributed by atoms with van der Waals surface area (Å²) in [5.41, 5.74) is 0.646. The Balaban J connectivity index is 1.61. The van der Waals surface area contributed by atoms with Crippen LogP contribution in [-0.2, 0) is 0 Å². The van der Waals surface area contributed by atoms with Crippen LogP contribution < -0.4 is 10.1 Å². The van der Waals surface area contributed by atoms with Gasteiger partial charge in [0, 0.05) is 11.0 Å². The van der Waals surface area contributed by atoms with E-state index < -0.39 is 0 Å². The Labute approximate surface area is 128 Å². The zero-order valence-electron chi connectivity index (χ0n) is 11.7. The van der Waals surface area contributed by atoms with Crippen molar-refractivity contribution in [3.8, 4) is 5.75 Å². The molecule has 0 aromatic heterocycles. The number of hydrogen-bond acceptors (Lipinski definition) is 2. The second kappa shape index (κ2) is 5.76. The first-order valence-electron chi connectivity index (χ1n) is 7.29. The van der Waals surface area contributed by atoms with Gasteiger partial charge in [-0.05, 0) is 71.1 Å². The summed E-state index contributed by atoms with van der Waals surface area (Å²) >= 11 is 3.43.